The van der Waals surface area contributed by atoms with E-state index in [2.05, 4.69) is 0 Å². The molecule has 1 aromatic carbocycles. The highest BCUT2D eigenvalue weighted by atomic mass is 16.5. The third-order valence-electron chi connectivity index (χ3n) is 2.31. The summed E-state index contributed by atoms with van der Waals surface area (Å²) in [6.45, 7) is 0.0310. The molecule has 1 rings (SSSR count). The van der Waals surface area contributed by atoms with Crippen LogP contribution in [0.2, 0.25) is 0 Å². The topological polar surface area (TPSA) is 116 Å². The molecule has 1 atom stereocenters. The van der Waals surface area contributed by atoms with Crippen LogP contribution in [0.5, 0.6) is 0 Å². The van der Waals surface area contributed by atoms with Crippen LogP contribution < -0.4 is 11.5 Å². The van der Waals surface area contributed by atoms with Crippen LogP contribution in [-0.4, -0.2) is 23.2 Å². The Kier molecular flexibility index (Phi) is 5.29. The Morgan fingerprint density at radius 3 is 2.33 bits per heavy atom. The highest BCUT2D eigenvalue weighted by Crippen LogP contribution is 2.09. The number of hydrogen-bond acceptors (Lipinski definition) is 5. The van der Waals surface area contributed by atoms with E-state index in [-0.39, 0.29) is 13.0 Å². The molecule has 0 saturated heterocycles. The van der Waals surface area contributed by atoms with Crippen LogP contribution in [-0.2, 0) is 20.9 Å². The molecule has 0 aliphatic carbocycles. The number of nitrogens with two attached hydrogens (primary N) is 2. The normalized spacial score (nSPS) is 12.2. The van der Waals surface area contributed by atoms with E-state index >= 15 is 0 Å². The number of rotatable bonds is 6. The standard InChI is InChI=1S/C12H16N2O4/c13-10(14)6-9(11(15)16)12(17)18-7-8-4-2-1-3-5-8/h1-5,9-10H,6-7,13-14H2,(H,15,16)/t9-/m0/s1. The third kappa shape index (κ3) is 4.52. The summed E-state index contributed by atoms with van der Waals surface area (Å²) in [7, 11) is 0. The molecular formula is C12H16N2O4. The van der Waals surface area contributed by atoms with Gasteiger partial charge in [0.25, 0.3) is 0 Å². The Balaban J connectivity index is 2.54. The zero-order valence-electron chi connectivity index (χ0n) is 9.78. The van der Waals surface area contributed by atoms with Crippen LogP contribution in [0.15, 0.2) is 30.3 Å². The highest BCUT2D eigenvalue weighted by Gasteiger charge is 2.29. The maximum atomic E-state index is 11.6. The summed E-state index contributed by atoms with van der Waals surface area (Å²) in [4.78, 5) is 22.5. The fourth-order valence-electron chi connectivity index (χ4n) is 1.40. The lowest BCUT2D eigenvalue weighted by atomic mass is 10.0. The van der Waals surface area contributed by atoms with Crippen molar-refractivity contribution in [3.8, 4) is 0 Å². The molecule has 6 nitrogen and oxygen atoms in total. The summed E-state index contributed by atoms with van der Waals surface area (Å²) in [5.74, 6) is -3.44. The van der Waals surface area contributed by atoms with Crippen molar-refractivity contribution < 1.29 is 19.4 Å². The van der Waals surface area contributed by atoms with E-state index in [0.29, 0.717) is 0 Å². The maximum Gasteiger partial charge on any atom is 0.320 e. The smallest absolute Gasteiger partial charge is 0.320 e. The number of aliphatic carboxylic acids is 1. The van der Waals surface area contributed by atoms with E-state index in [9.17, 15) is 9.59 Å². The lowest BCUT2D eigenvalue weighted by Gasteiger charge is -2.13. The van der Waals surface area contributed by atoms with Crippen molar-refractivity contribution in [2.75, 3.05) is 0 Å². The molecule has 0 aromatic heterocycles. The molecule has 0 fully saturated rings. The summed E-state index contributed by atoms with van der Waals surface area (Å²) in [6, 6.07) is 8.98. The minimum Gasteiger partial charge on any atom is -0.481 e. The SMILES string of the molecule is NC(N)C[C@@H](C(=O)O)C(=O)OCc1ccccc1. The van der Waals surface area contributed by atoms with Crippen LogP contribution in [0.4, 0.5) is 0 Å². The van der Waals surface area contributed by atoms with Crippen molar-refractivity contribution in [1.29, 1.82) is 0 Å². The molecule has 0 amide bonds. The molecule has 98 valence electrons. The first kappa shape index (κ1) is 14.1. The number of carboxylic acid groups (broad SMARTS) is 1. The molecule has 1 aromatic rings. The van der Waals surface area contributed by atoms with E-state index in [4.69, 9.17) is 21.3 Å². The van der Waals surface area contributed by atoms with Gasteiger partial charge in [0, 0.05) is 0 Å². The second-order valence-corrected chi connectivity index (χ2v) is 3.88. The second-order valence-electron chi connectivity index (χ2n) is 3.88. The van der Waals surface area contributed by atoms with Gasteiger partial charge in [-0.15, -0.1) is 0 Å². The van der Waals surface area contributed by atoms with Gasteiger partial charge in [0.1, 0.15) is 6.61 Å². The van der Waals surface area contributed by atoms with E-state index < -0.39 is 24.0 Å². The van der Waals surface area contributed by atoms with Gasteiger partial charge in [-0.05, 0) is 12.0 Å². The average Bonchev–Trinajstić information content (AvgIpc) is 2.34. The zero-order valence-corrected chi connectivity index (χ0v) is 9.78. The fourth-order valence-corrected chi connectivity index (χ4v) is 1.40. The van der Waals surface area contributed by atoms with E-state index in [1.165, 1.54) is 0 Å². The molecule has 0 aliphatic heterocycles. The molecule has 0 unspecified atom stereocenters. The first-order valence-electron chi connectivity index (χ1n) is 5.45. The van der Waals surface area contributed by atoms with Gasteiger partial charge in [-0.25, -0.2) is 0 Å². The summed E-state index contributed by atoms with van der Waals surface area (Å²) >= 11 is 0. The fraction of sp³-hybridized carbons (Fsp3) is 0.333. The number of carboxylic acids is 1. The summed E-state index contributed by atoms with van der Waals surface area (Å²) < 4.78 is 4.92. The molecule has 0 aliphatic rings. The van der Waals surface area contributed by atoms with Gasteiger partial charge in [0.05, 0.1) is 6.17 Å². The number of hydrogen-bond donors (Lipinski definition) is 3. The minimum absolute atomic E-state index is 0.0310. The van der Waals surface area contributed by atoms with Crippen LogP contribution in [0.3, 0.4) is 0 Å². The number of carbonyl (C=O) groups excluding carboxylic acids is 1. The van der Waals surface area contributed by atoms with Crippen LogP contribution in [0.25, 0.3) is 0 Å². The second kappa shape index (κ2) is 6.73. The molecular weight excluding hydrogens is 236 g/mol. The van der Waals surface area contributed by atoms with E-state index in [1.54, 1.807) is 24.3 Å². The van der Waals surface area contributed by atoms with Crippen molar-refractivity contribution in [2.45, 2.75) is 19.2 Å². The first-order chi connectivity index (χ1) is 8.50. The van der Waals surface area contributed by atoms with Gasteiger partial charge in [0.15, 0.2) is 5.92 Å². The van der Waals surface area contributed by atoms with Crippen LogP contribution >= 0.6 is 0 Å². The summed E-state index contributed by atoms with van der Waals surface area (Å²) in [5.41, 5.74) is 11.3. The van der Waals surface area contributed by atoms with Crippen molar-refractivity contribution in [2.24, 2.45) is 17.4 Å². The highest BCUT2D eigenvalue weighted by molar-refractivity contribution is 5.93. The predicted molar refractivity (Wildman–Crippen MR) is 64.1 cm³/mol. The quantitative estimate of drug-likeness (QED) is 0.374. The van der Waals surface area contributed by atoms with Gasteiger partial charge in [0.2, 0.25) is 0 Å². The molecule has 5 N–H and O–H groups in total. The Morgan fingerprint density at radius 2 is 1.83 bits per heavy atom. The molecule has 0 heterocycles. The Morgan fingerprint density at radius 1 is 1.22 bits per heavy atom. The van der Waals surface area contributed by atoms with Crippen molar-refractivity contribution in [3.63, 3.8) is 0 Å². The summed E-state index contributed by atoms with van der Waals surface area (Å²) in [5, 5.41) is 8.88. The Labute approximate surface area is 105 Å². The molecule has 0 radical (unpaired) electrons. The first-order valence-corrected chi connectivity index (χ1v) is 5.45. The Bertz CT molecular complexity index is 406. The largest absolute Gasteiger partial charge is 0.481 e. The molecule has 0 spiro atoms. The molecule has 18 heavy (non-hydrogen) atoms. The van der Waals surface area contributed by atoms with Gasteiger partial charge >= 0.3 is 11.9 Å². The average molecular weight is 252 g/mol. The Hall–Kier alpha value is -1.92. The lowest BCUT2D eigenvalue weighted by Crippen LogP contribution is -2.38. The summed E-state index contributed by atoms with van der Waals surface area (Å²) in [6.07, 6.45) is -1.02. The number of benzene rings is 1. The van der Waals surface area contributed by atoms with E-state index in [0.717, 1.165) is 5.56 Å². The van der Waals surface area contributed by atoms with Crippen LogP contribution in [0, 0.1) is 5.92 Å². The van der Waals surface area contributed by atoms with Crippen LogP contribution in [0.1, 0.15) is 12.0 Å². The van der Waals surface area contributed by atoms with Gasteiger partial charge in [-0.1, -0.05) is 30.3 Å². The van der Waals surface area contributed by atoms with Crippen molar-refractivity contribution in [1.82, 2.24) is 0 Å². The molecule has 0 saturated carbocycles. The zero-order chi connectivity index (χ0) is 13.5. The predicted octanol–water partition coefficient (Wildman–Crippen LogP) is 0.0642. The maximum absolute atomic E-state index is 11.6. The van der Waals surface area contributed by atoms with Crippen molar-refractivity contribution in [3.05, 3.63) is 35.9 Å². The monoisotopic (exact) mass is 252 g/mol. The minimum atomic E-state index is -1.33. The number of esters is 1. The van der Waals surface area contributed by atoms with Gasteiger partial charge < -0.3 is 21.3 Å². The third-order valence-corrected chi connectivity index (χ3v) is 2.31. The van der Waals surface area contributed by atoms with Crippen molar-refractivity contribution >= 4 is 11.9 Å². The van der Waals surface area contributed by atoms with Gasteiger partial charge in [-0.2, -0.15) is 0 Å². The molecule has 0 bridgehead atoms. The van der Waals surface area contributed by atoms with E-state index in [1.807, 2.05) is 6.07 Å². The molecule has 6 heteroatoms. The van der Waals surface area contributed by atoms with Gasteiger partial charge in [-0.3, -0.25) is 9.59 Å². The number of carbonyl (C=O) groups is 2. The lowest BCUT2D eigenvalue weighted by molar-refractivity contribution is -0.160. The number of ether oxygens (including phenoxy) is 1.